The number of nitrogens with one attached hydrogen (secondary N) is 2. The average Bonchev–Trinajstić information content (AvgIpc) is 3.46. The summed E-state index contributed by atoms with van der Waals surface area (Å²) in [5, 5.41) is 22.1. The Morgan fingerprint density at radius 3 is 2.38 bits per heavy atom. The van der Waals surface area contributed by atoms with Crippen molar-refractivity contribution < 1.29 is 9.90 Å². The average molecular weight is 638 g/mol. The Labute approximate surface area is 279 Å². The molecule has 0 amide bonds. The maximum absolute atomic E-state index is 11.8. The molecule has 0 spiro atoms. The van der Waals surface area contributed by atoms with E-state index >= 15 is 0 Å². The van der Waals surface area contributed by atoms with Gasteiger partial charge in [-0.05, 0) is 93.6 Å². The Kier molecular flexibility index (Phi) is 8.11. The number of aliphatic carboxylic acids is 1. The van der Waals surface area contributed by atoms with Crippen molar-refractivity contribution in [2.45, 2.75) is 127 Å². The van der Waals surface area contributed by atoms with E-state index < -0.39 is 11.4 Å². The summed E-state index contributed by atoms with van der Waals surface area (Å²) in [5.41, 5.74) is 4.67. The van der Waals surface area contributed by atoms with Gasteiger partial charge >= 0.3 is 5.97 Å². The standard InChI is InChI=1S/C38H51N7O2/c1-3-33(37-22-38(23-37,24-37)36(46)47)39-20-34-41-30-16-15-26(25-9-5-4-6-10-25)19-29(30)35(43-34)42-31(32-17-18-40-44(32)2)21-45-27-11-7-12-28(45)14-8-13-27/h4-6,9-10,17-18,26-28,31,33,39H,3,7-8,11-16,19-24H2,1-2H3,(H,46,47)(H,41,42,43)/t26-,27?,28?,31+,33-,37?,38?/m1/s1. The van der Waals surface area contributed by atoms with Crippen molar-refractivity contribution in [3.8, 4) is 0 Å². The molecule has 5 fully saturated rings. The molecule has 0 unspecified atom stereocenters. The van der Waals surface area contributed by atoms with Crippen LogP contribution in [0.5, 0.6) is 0 Å². The number of hydrogen-bond donors (Lipinski definition) is 3. The second kappa shape index (κ2) is 12.3. The molecule has 1 aromatic carbocycles. The molecule has 2 saturated heterocycles. The number of hydrogen-bond acceptors (Lipinski definition) is 7. The number of anilines is 1. The van der Waals surface area contributed by atoms with Gasteiger partial charge in [0, 0.05) is 49.2 Å². The van der Waals surface area contributed by atoms with E-state index in [0.29, 0.717) is 24.5 Å². The highest BCUT2D eigenvalue weighted by Gasteiger charge is 2.73. The summed E-state index contributed by atoms with van der Waals surface area (Å²) in [7, 11) is 2.06. The second-order valence-corrected chi connectivity index (χ2v) is 15.5. The molecule has 250 valence electrons. The first-order valence-corrected chi connectivity index (χ1v) is 18.3. The second-order valence-electron chi connectivity index (χ2n) is 15.5. The van der Waals surface area contributed by atoms with Crippen molar-refractivity contribution in [3.63, 3.8) is 0 Å². The van der Waals surface area contributed by atoms with Gasteiger partial charge in [0.05, 0.1) is 23.7 Å². The summed E-state index contributed by atoms with van der Waals surface area (Å²) in [6.07, 6.45) is 16.2. The van der Waals surface area contributed by atoms with E-state index in [2.05, 4.69) is 71.0 Å². The predicted molar refractivity (Wildman–Crippen MR) is 182 cm³/mol. The van der Waals surface area contributed by atoms with Crippen LogP contribution in [0.3, 0.4) is 0 Å². The van der Waals surface area contributed by atoms with Gasteiger partial charge < -0.3 is 15.7 Å². The van der Waals surface area contributed by atoms with E-state index in [1.54, 1.807) is 0 Å². The minimum atomic E-state index is -0.618. The van der Waals surface area contributed by atoms with E-state index in [1.165, 1.54) is 61.0 Å². The smallest absolute Gasteiger partial charge is 0.309 e. The Balaban J connectivity index is 1.09. The summed E-state index contributed by atoms with van der Waals surface area (Å²) in [5.74, 6) is 1.64. The van der Waals surface area contributed by atoms with Crippen LogP contribution in [0.4, 0.5) is 5.82 Å². The van der Waals surface area contributed by atoms with Gasteiger partial charge in [-0.15, -0.1) is 0 Å². The van der Waals surface area contributed by atoms with E-state index in [1.807, 2.05) is 10.9 Å². The zero-order chi connectivity index (χ0) is 32.2. The lowest BCUT2D eigenvalue weighted by atomic mass is 9.33. The zero-order valence-electron chi connectivity index (χ0n) is 28.1. The highest BCUT2D eigenvalue weighted by atomic mass is 16.4. The minimum absolute atomic E-state index is 0.0667. The fourth-order valence-corrected chi connectivity index (χ4v) is 10.4. The van der Waals surface area contributed by atoms with Gasteiger partial charge in [-0.1, -0.05) is 50.1 Å². The fraction of sp³-hybridized carbons (Fsp3) is 0.632. The van der Waals surface area contributed by atoms with Crippen molar-refractivity contribution >= 4 is 11.8 Å². The topological polar surface area (TPSA) is 108 Å². The lowest BCUT2D eigenvalue weighted by molar-refractivity contribution is -0.233. The third kappa shape index (κ3) is 5.57. The highest BCUT2D eigenvalue weighted by molar-refractivity contribution is 5.79. The molecule has 2 aliphatic heterocycles. The lowest BCUT2D eigenvalue weighted by Gasteiger charge is -2.71. The van der Waals surface area contributed by atoms with Gasteiger partial charge in [-0.3, -0.25) is 14.4 Å². The van der Waals surface area contributed by atoms with Crippen LogP contribution in [0, 0.1) is 10.8 Å². The number of nitrogens with zero attached hydrogens (tertiary/aromatic N) is 5. The van der Waals surface area contributed by atoms with Crippen molar-refractivity contribution in [2.75, 3.05) is 11.9 Å². The maximum Gasteiger partial charge on any atom is 0.309 e. The van der Waals surface area contributed by atoms with Crippen molar-refractivity contribution in [2.24, 2.45) is 17.9 Å². The predicted octanol–water partition coefficient (Wildman–Crippen LogP) is 6.17. The van der Waals surface area contributed by atoms with Crippen molar-refractivity contribution in [1.29, 1.82) is 0 Å². The summed E-state index contributed by atoms with van der Waals surface area (Å²) in [4.78, 5) is 25.1. The van der Waals surface area contributed by atoms with Gasteiger partial charge in [0.15, 0.2) is 0 Å². The van der Waals surface area contributed by atoms with E-state index in [0.717, 1.165) is 63.1 Å². The third-order valence-electron chi connectivity index (χ3n) is 12.8. The molecule has 3 aromatic rings. The van der Waals surface area contributed by atoms with E-state index in [4.69, 9.17) is 9.97 Å². The lowest BCUT2D eigenvalue weighted by Crippen LogP contribution is -2.71. The van der Waals surface area contributed by atoms with E-state index in [9.17, 15) is 9.90 Å². The Morgan fingerprint density at radius 1 is 1.02 bits per heavy atom. The quantitative estimate of drug-likeness (QED) is 0.217. The molecule has 9 heteroatoms. The molecule has 3 atom stereocenters. The minimum Gasteiger partial charge on any atom is -0.481 e. The largest absolute Gasteiger partial charge is 0.481 e. The van der Waals surface area contributed by atoms with Crippen LogP contribution in [0.1, 0.15) is 118 Å². The van der Waals surface area contributed by atoms with Crippen molar-refractivity contribution in [1.82, 2.24) is 30.0 Å². The highest BCUT2D eigenvalue weighted by Crippen LogP contribution is 2.75. The molecule has 9 nitrogen and oxygen atoms in total. The fourth-order valence-electron chi connectivity index (χ4n) is 10.4. The molecule has 3 N–H and O–H groups in total. The summed E-state index contributed by atoms with van der Waals surface area (Å²) < 4.78 is 2.03. The van der Waals surface area contributed by atoms with Gasteiger partial charge in [0.25, 0.3) is 0 Å². The maximum atomic E-state index is 11.8. The van der Waals surface area contributed by atoms with Gasteiger partial charge in [-0.25, -0.2) is 9.97 Å². The Morgan fingerprint density at radius 2 is 1.74 bits per heavy atom. The van der Waals surface area contributed by atoms with E-state index in [-0.39, 0.29) is 17.5 Å². The molecular formula is C38H51N7O2. The van der Waals surface area contributed by atoms with Crippen LogP contribution in [0.2, 0.25) is 0 Å². The molecular weight excluding hydrogens is 586 g/mol. The number of carboxylic acid groups (broad SMARTS) is 1. The molecule has 9 rings (SSSR count). The van der Waals surface area contributed by atoms with Crippen LogP contribution >= 0.6 is 0 Å². The summed E-state index contributed by atoms with van der Waals surface area (Å²) in [6, 6.07) is 14.8. The molecule has 6 aliphatic rings. The SMILES string of the molecule is CC[C@@H](NCc1nc2c(c(N[C@@H](CN3C4CCCC3CCC4)c3ccnn3C)n1)C[C@H](c1ccccc1)CC2)C12CC(C(=O)O)(C1)C2. The van der Waals surface area contributed by atoms with Crippen LogP contribution in [-0.4, -0.2) is 60.4 Å². The van der Waals surface area contributed by atoms with Crippen LogP contribution in [-0.2, 0) is 31.2 Å². The molecule has 2 aromatic heterocycles. The first kappa shape index (κ1) is 31.0. The third-order valence-corrected chi connectivity index (χ3v) is 12.8. The number of aromatic nitrogens is 4. The molecule has 4 heterocycles. The van der Waals surface area contributed by atoms with Gasteiger partial charge in [0.2, 0.25) is 0 Å². The molecule has 4 aliphatic carbocycles. The molecule has 3 saturated carbocycles. The number of piperidine rings is 2. The Bertz CT molecular complexity index is 1560. The first-order valence-electron chi connectivity index (χ1n) is 18.3. The number of carbonyl (C=O) groups is 1. The molecule has 4 bridgehead atoms. The summed E-state index contributed by atoms with van der Waals surface area (Å²) in [6.45, 7) is 3.76. The number of benzene rings is 1. The number of rotatable bonds is 12. The van der Waals surface area contributed by atoms with Gasteiger partial charge in [0.1, 0.15) is 11.6 Å². The number of fused-ring (bicyclic) bond motifs is 3. The van der Waals surface area contributed by atoms with Crippen LogP contribution in [0.25, 0.3) is 0 Å². The number of carboxylic acids is 1. The molecule has 0 radical (unpaired) electrons. The van der Waals surface area contributed by atoms with Crippen molar-refractivity contribution in [3.05, 3.63) is 70.9 Å². The van der Waals surface area contributed by atoms with Crippen LogP contribution < -0.4 is 10.6 Å². The van der Waals surface area contributed by atoms with Crippen LogP contribution in [0.15, 0.2) is 42.6 Å². The number of aryl methyl sites for hydroxylation is 2. The zero-order valence-corrected chi connectivity index (χ0v) is 28.1. The molecule has 47 heavy (non-hydrogen) atoms. The normalized spacial score (nSPS) is 30.8. The Hall–Kier alpha value is -3.30. The summed E-state index contributed by atoms with van der Waals surface area (Å²) >= 11 is 0. The monoisotopic (exact) mass is 637 g/mol. The first-order chi connectivity index (χ1) is 22.9. The van der Waals surface area contributed by atoms with Gasteiger partial charge in [-0.2, -0.15) is 5.10 Å².